The molecule has 1 aromatic heterocycles. The number of hydrogen-bond acceptors (Lipinski definition) is 4. The first-order valence-electron chi connectivity index (χ1n) is 8.85. The smallest absolute Gasteiger partial charge is 0.155 e. The van der Waals surface area contributed by atoms with Crippen LogP contribution >= 0.6 is 23.2 Å². The summed E-state index contributed by atoms with van der Waals surface area (Å²) in [5.74, 6) is 0.790. The summed E-state index contributed by atoms with van der Waals surface area (Å²) in [4.78, 5) is 0. The van der Waals surface area contributed by atoms with Crippen LogP contribution in [-0.4, -0.2) is 22.7 Å². The largest absolute Gasteiger partial charge is 0.489 e. The summed E-state index contributed by atoms with van der Waals surface area (Å²) in [6, 6.07) is 10.3. The third-order valence-corrected chi connectivity index (χ3v) is 5.43. The molecule has 1 aliphatic rings. The van der Waals surface area contributed by atoms with Crippen molar-refractivity contribution in [2.24, 2.45) is 0 Å². The number of alkyl halides is 1. The van der Waals surface area contributed by atoms with Crippen LogP contribution in [-0.2, 0) is 6.42 Å². The fourth-order valence-corrected chi connectivity index (χ4v) is 4.08. The number of nitrogens with zero attached hydrogens (tertiary/aromatic N) is 2. The lowest BCUT2D eigenvalue weighted by Gasteiger charge is -2.29. The number of ether oxygens (including phenoxy) is 1. The second kappa shape index (κ2) is 7.67. The Labute approximate surface area is 167 Å². The molecule has 1 aliphatic carbocycles. The second-order valence-corrected chi connectivity index (χ2v) is 7.30. The number of hydrogen-bond donors (Lipinski definition) is 2. The maximum Gasteiger partial charge on any atom is 0.155 e. The number of fused-ring (bicyclic) bond motifs is 2. The van der Waals surface area contributed by atoms with Gasteiger partial charge in [0, 0.05) is 11.1 Å². The number of benzene rings is 2. The van der Waals surface area contributed by atoms with Gasteiger partial charge in [0.2, 0.25) is 0 Å². The zero-order valence-electron chi connectivity index (χ0n) is 14.6. The molecular formula is C20H18Cl2N4O. The van der Waals surface area contributed by atoms with Gasteiger partial charge in [-0.25, -0.2) is 0 Å². The van der Waals surface area contributed by atoms with Gasteiger partial charge in [0.05, 0.1) is 34.2 Å². The maximum atomic E-state index is 9.56. The van der Waals surface area contributed by atoms with Crippen LogP contribution in [0.4, 0.5) is 5.69 Å². The molecule has 0 fully saturated rings. The minimum absolute atomic E-state index is 0.0878. The average molecular weight is 401 g/mol. The van der Waals surface area contributed by atoms with Crippen molar-refractivity contribution in [1.29, 1.82) is 5.26 Å². The Hall–Kier alpha value is -2.42. The number of aromatic amines is 1. The molecule has 0 spiro atoms. The van der Waals surface area contributed by atoms with Crippen LogP contribution in [0.2, 0.25) is 5.02 Å². The Balaban J connectivity index is 1.69. The highest BCUT2D eigenvalue weighted by molar-refractivity contribution is 6.33. The van der Waals surface area contributed by atoms with Gasteiger partial charge in [-0.3, -0.25) is 5.10 Å². The number of nitrogens with one attached hydrogen (secondary N) is 2. The first kappa shape index (κ1) is 18.0. The van der Waals surface area contributed by atoms with Gasteiger partial charge in [-0.05, 0) is 54.7 Å². The van der Waals surface area contributed by atoms with Crippen molar-refractivity contribution in [3.8, 4) is 11.8 Å². The topological polar surface area (TPSA) is 73.7 Å². The molecule has 1 unspecified atom stereocenters. The molecule has 27 heavy (non-hydrogen) atoms. The monoisotopic (exact) mass is 400 g/mol. The van der Waals surface area contributed by atoms with Gasteiger partial charge in [0.25, 0.3) is 0 Å². The Kier molecular flexibility index (Phi) is 5.11. The van der Waals surface area contributed by atoms with E-state index in [4.69, 9.17) is 27.9 Å². The first-order valence-corrected chi connectivity index (χ1v) is 9.76. The van der Waals surface area contributed by atoms with E-state index in [1.807, 2.05) is 18.2 Å². The van der Waals surface area contributed by atoms with Crippen LogP contribution in [0, 0.1) is 11.3 Å². The van der Waals surface area contributed by atoms with Gasteiger partial charge in [-0.15, -0.1) is 11.6 Å². The van der Waals surface area contributed by atoms with Crippen LogP contribution < -0.4 is 10.1 Å². The predicted molar refractivity (Wildman–Crippen MR) is 108 cm³/mol. The summed E-state index contributed by atoms with van der Waals surface area (Å²) in [7, 11) is 0. The molecule has 5 nitrogen and oxygen atoms in total. The van der Waals surface area contributed by atoms with Gasteiger partial charge in [0.1, 0.15) is 12.7 Å². The molecule has 2 N–H and O–H groups in total. The van der Waals surface area contributed by atoms with E-state index in [0.717, 1.165) is 47.0 Å². The van der Waals surface area contributed by atoms with Crippen molar-refractivity contribution in [2.45, 2.75) is 25.3 Å². The number of nitriles is 1. The lowest BCUT2D eigenvalue weighted by atomic mass is 9.86. The van der Waals surface area contributed by atoms with Crippen LogP contribution in [0.15, 0.2) is 30.5 Å². The first-order chi connectivity index (χ1) is 13.2. The van der Waals surface area contributed by atoms with Crippen LogP contribution in [0.3, 0.4) is 0 Å². The van der Waals surface area contributed by atoms with Gasteiger partial charge in [0.15, 0.2) is 5.75 Å². The van der Waals surface area contributed by atoms with E-state index in [2.05, 4.69) is 27.6 Å². The quantitative estimate of drug-likeness (QED) is 0.577. The van der Waals surface area contributed by atoms with Crippen LogP contribution in [0.5, 0.6) is 5.75 Å². The van der Waals surface area contributed by atoms with Crippen molar-refractivity contribution in [3.05, 3.63) is 52.2 Å². The summed E-state index contributed by atoms with van der Waals surface area (Å²) in [5.41, 5.74) is 4.57. The molecule has 0 aliphatic heterocycles. The number of rotatable bonds is 5. The molecule has 7 heteroatoms. The van der Waals surface area contributed by atoms with Crippen LogP contribution in [0.1, 0.15) is 35.6 Å². The molecular weight excluding hydrogens is 383 g/mol. The molecule has 0 saturated carbocycles. The van der Waals surface area contributed by atoms with Gasteiger partial charge in [-0.1, -0.05) is 11.6 Å². The summed E-state index contributed by atoms with van der Waals surface area (Å²) >= 11 is 12.3. The molecule has 2 aromatic carbocycles. The van der Waals surface area contributed by atoms with E-state index in [1.54, 1.807) is 6.20 Å². The molecule has 3 aromatic rings. The fraction of sp³-hybridized carbons (Fsp3) is 0.300. The van der Waals surface area contributed by atoms with E-state index < -0.39 is 0 Å². The van der Waals surface area contributed by atoms with Gasteiger partial charge >= 0.3 is 0 Å². The highest BCUT2D eigenvalue weighted by atomic mass is 35.5. The lowest BCUT2D eigenvalue weighted by Crippen LogP contribution is -2.18. The fourth-order valence-electron chi connectivity index (χ4n) is 3.64. The second-order valence-electron chi connectivity index (χ2n) is 6.55. The minimum Gasteiger partial charge on any atom is -0.489 e. The predicted octanol–water partition coefficient (Wildman–Crippen LogP) is 5.20. The molecule has 1 atom stereocenters. The summed E-state index contributed by atoms with van der Waals surface area (Å²) in [6.45, 7) is 0.321. The molecule has 0 amide bonds. The lowest BCUT2D eigenvalue weighted by molar-refractivity contribution is 0.341. The van der Waals surface area contributed by atoms with Crippen LogP contribution in [0.25, 0.3) is 10.9 Å². The molecule has 1 heterocycles. The zero-order chi connectivity index (χ0) is 18.8. The number of anilines is 1. The Bertz CT molecular complexity index is 1020. The maximum absolute atomic E-state index is 9.56. The molecule has 0 radical (unpaired) electrons. The molecule has 4 rings (SSSR count). The van der Waals surface area contributed by atoms with E-state index in [0.29, 0.717) is 28.8 Å². The summed E-state index contributed by atoms with van der Waals surface area (Å²) in [6.07, 6.45) is 4.66. The van der Waals surface area contributed by atoms with Gasteiger partial charge in [-0.2, -0.15) is 10.4 Å². The minimum atomic E-state index is 0.0878. The van der Waals surface area contributed by atoms with Crippen molar-refractivity contribution < 1.29 is 4.74 Å². The van der Waals surface area contributed by atoms with E-state index in [1.165, 1.54) is 0 Å². The van der Waals surface area contributed by atoms with Crippen molar-refractivity contribution in [2.75, 3.05) is 17.8 Å². The van der Waals surface area contributed by atoms with E-state index in [9.17, 15) is 5.26 Å². The van der Waals surface area contributed by atoms with Crippen molar-refractivity contribution >= 4 is 39.8 Å². The Morgan fingerprint density at radius 1 is 1.37 bits per heavy atom. The van der Waals surface area contributed by atoms with Gasteiger partial charge < -0.3 is 10.1 Å². The molecule has 0 saturated heterocycles. The van der Waals surface area contributed by atoms with Crippen molar-refractivity contribution in [3.63, 3.8) is 0 Å². The number of halogens is 2. The standard InChI is InChI=1S/C20H18Cl2N4O/c21-6-7-27-20-12(10-23)9-16-15(19(20)22)2-1-3-18(16)25-14-4-5-17-13(8-14)11-24-26-17/h4-5,8-9,11,18,25H,1-3,6-7H2,(H,24,26). The third kappa shape index (κ3) is 3.43. The number of aromatic nitrogens is 2. The highest BCUT2D eigenvalue weighted by Crippen LogP contribution is 2.42. The summed E-state index contributed by atoms with van der Waals surface area (Å²) in [5, 5.41) is 21.8. The molecule has 0 bridgehead atoms. The normalized spacial score (nSPS) is 16.0. The van der Waals surface area contributed by atoms with E-state index in [-0.39, 0.29) is 6.04 Å². The van der Waals surface area contributed by atoms with Crippen molar-refractivity contribution in [1.82, 2.24) is 10.2 Å². The average Bonchev–Trinajstić information content (AvgIpc) is 3.15. The summed E-state index contributed by atoms with van der Waals surface area (Å²) < 4.78 is 5.65. The third-order valence-electron chi connectivity index (χ3n) is 4.88. The Morgan fingerprint density at radius 2 is 2.26 bits per heavy atom. The SMILES string of the molecule is N#Cc1cc2c(c(Cl)c1OCCCl)CCCC2Nc1ccc2[nH]ncc2c1. The van der Waals surface area contributed by atoms with E-state index >= 15 is 0 Å². The molecule has 138 valence electrons. The number of H-pyrrole nitrogens is 1. The highest BCUT2D eigenvalue weighted by Gasteiger charge is 2.26. The Morgan fingerprint density at radius 3 is 3.07 bits per heavy atom. The zero-order valence-corrected chi connectivity index (χ0v) is 16.1.